The Morgan fingerprint density at radius 3 is 0.614 bits per heavy atom. The van der Waals surface area contributed by atoms with Crippen molar-refractivity contribution in [3.63, 3.8) is 0 Å². The maximum Gasteiger partial charge on any atom is 0.472 e. The van der Waals surface area contributed by atoms with Crippen molar-refractivity contribution < 1.29 is 80.2 Å². The van der Waals surface area contributed by atoms with Crippen LogP contribution in [-0.2, 0) is 65.4 Å². The lowest BCUT2D eigenvalue weighted by molar-refractivity contribution is -0.161. The fourth-order valence-corrected chi connectivity index (χ4v) is 14.2. The van der Waals surface area contributed by atoms with E-state index in [2.05, 4.69) is 55.4 Å². The maximum absolute atomic E-state index is 13.1. The molecule has 0 amide bonds. The first kappa shape index (κ1) is 99.1. The van der Waals surface area contributed by atoms with Crippen molar-refractivity contribution in [2.45, 2.75) is 440 Å². The molecule has 0 aliphatic carbocycles. The fraction of sp³-hybridized carbons (Fsp3) is 0.951. The maximum atomic E-state index is 13.1. The van der Waals surface area contributed by atoms with Crippen molar-refractivity contribution in [1.82, 2.24) is 0 Å². The lowest BCUT2D eigenvalue weighted by Gasteiger charge is -2.21. The Hall–Kier alpha value is -1.94. The van der Waals surface area contributed by atoms with Gasteiger partial charge in [0.05, 0.1) is 26.4 Å². The van der Waals surface area contributed by atoms with Crippen LogP contribution in [0.4, 0.5) is 0 Å². The van der Waals surface area contributed by atoms with Gasteiger partial charge in [0.15, 0.2) is 12.2 Å². The van der Waals surface area contributed by atoms with Crippen molar-refractivity contribution in [3.8, 4) is 0 Å². The molecule has 0 heterocycles. The van der Waals surface area contributed by atoms with Gasteiger partial charge in [-0.25, -0.2) is 9.13 Å². The molecule has 0 aliphatic rings. The van der Waals surface area contributed by atoms with E-state index in [9.17, 15) is 43.2 Å². The van der Waals surface area contributed by atoms with Crippen molar-refractivity contribution in [3.05, 3.63) is 0 Å². The van der Waals surface area contributed by atoms with E-state index in [-0.39, 0.29) is 25.7 Å². The second-order valence-electron chi connectivity index (χ2n) is 31.4. The zero-order valence-electron chi connectivity index (χ0n) is 66.5. The van der Waals surface area contributed by atoms with Crippen LogP contribution in [0.15, 0.2) is 0 Å². The molecule has 101 heavy (non-hydrogen) atoms. The summed E-state index contributed by atoms with van der Waals surface area (Å²) in [5.41, 5.74) is 0. The minimum atomic E-state index is -4.96. The van der Waals surface area contributed by atoms with Gasteiger partial charge in [-0.15, -0.1) is 0 Å². The third-order valence-electron chi connectivity index (χ3n) is 19.1. The number of rotatable bonds is 79. The Morgan fingerprint density at radius 2 is 0.416 bits per heavy atom. The van der Waals surface area contributed by atoms with Crippen molar-refractivity contribution in [2.75, 3.05) is 39.6 Å². The van der Waals surface area contributed by atoms with Gasteiger partial charge in [0.25, 0.3) is 0 Å². The average Bonchev–Trinajstić information content (AvgIpc) is 0.930. The fourth-order valence-electron chi connectivity index (χ4n) is 12.6. The van der Waals surface area contributed by atoms with E-state index in [4.69, 9.17) is 37.0 Å². The van der Waals surface area contributed by atoms with Crippen LogP contribution >= 0.6 is 15.6 Å². The number of carbonyl (C=O) groups excluding carboxylic acids is 4. The van der Waals surface area contributed by atoms with Crippen LogP contribution in [0.25, 0.3) is 0 Å². The first-order valence-electron chi connectivity index (χ1n) is 42.2. The summed E-state index contributed by atoms with van der Waals surface area (Å²) in [6.45, 7) is 14.2. The third kappa shape index (κ3) is 76.1. The highest BCUT2D eigenvalue weighted by Crippen LogP contribution is 2.45. The lowest BCUT2D eigenvalue weighted by Crippen LogP contribution is -2.30. The number of esters is 4. The van der Waals surface area contributed by atoms with Gasteiger partial charge in [-0.3, -0.25) is 37.3 Å². The molecule has 0 fully saturated rings. The number of carbonyl (C=O) groups is 4. The van der Waals surface area contributed by atoms with E-state index < -0.39 is 97.5 Å². The van der Waals surface area contributed by atoms with E-state index in [1.807, 2.05) is 0 Å². The predicted molar refractivity (Wildman–Crippen MR) is 414 cm³/mol. The molecule has 17 nitrogen and oxygen atoms in total. The van der Waals surface area contributed by atoms with E-state index in [1.165, 1.54) is 218 Å². The highest BCUT2D eigenvalue weighted by Gasteiger charge is 2.30. The molecule has 5 atom stereocenters. The summed E-state index contributed by atoms with van der Waals surface area (Å²) in [7, 11) is -9.92. The molecular weight excluding hydrogens is 1320 g/mol. The lowest BCUT2D eigenvalue weighted by atomic mass is 10.0. The van der Waals surface area contributed by atoms with E-state index in [0.29, 0.717) is 31.6 Å². The van der Waals surface area contributed by atoms with E-state index in [0.717, 1.165) is 114 Å². The summed E-state index contributed by atoms with van der Waals surface area (Å²) in [4.78, 5) is 73.0. The monoisotopic (exact) mass is 1480 g/mol. The minimum Gasteiger partial charge on any atom is -0.462 e. The molecule has 19 heteroatoms. The number of phosphoric acid groups is 2. The van der Waals surface area contributed by atoms with Gasteiger partial charge in [0.1, 0.15) is 19.3 Å². The summed E-state index contributed by atoms with van der Waals surface area (Å²) in [5, 5.41) is 10.6. The number of hydrogen-bond donors (Lipinski definition) is 3. The summed E-state index contributed by atoms with van der Waals surface area (Å²) in [6, 6.07) is 0. The van der Waals surface area contributed by atoms with Gasteiger partial charge in [-0.2, -0.15) is 0 Å². The van der Waals surface area contributed by atoms with Gasteiger partial charge < -0.3 is 33.8 Å². The molecule has 0 radical (unpaired) electrons. The van der Waals surface area contributed by atoms with Gasteiger partial charge in [0, 0.05) is 25.7 Å². The molecule has 3 N–H and O–H groups in total. The molecule has 0 aromatic heterocycles. The first-order valence-corrected chi connectivity index (χ1v) is 45.2. The average molecular weight is 1480 g/mol. The molecule has 0 saturated heterocycles. The Labute approximate surface area is 619 Å². The van der Waals surface area contributed by atoms with Crippen LogP contribution in [0.3, 0.4) is 0 Å². The summed E-state index contributed by atoms with van der Waals surface area (Å²) < 4.78 is 68.7. The Morgan fingerprint density at radius 1 is 0.248 bits per heavy atom. The zero-order valence-corrected chi connectivity index (χ0v) is 68.3. The van der Waals surface area contributed by atoms with Crippen molar-refractivity contribution in [1.29, 1.82) is 0 Å². The Kier molecular flexibility index (Phi) is 69.6. The molecular formula is C82H160O17P2. The Balaban J connectivity index is 5.23. The number of ether oxygens (including phenoxy) is 4. The van der Waals surface area contributed by atoms with Crippen LogP contribution in [0.1, 0.15) is 421 Å². The highest BCUT2D eigenvalue weighted by atomic mass is 31.2. The summed E-state index contributed by atoms with van der Waals surface area (Å²) in [5.74, 6) is 0.962. The normalized spacial score (nSPS) is 14.0. The smallest absolute Gasteiger partial charge is 0.462 e. The van der Waals surface area contributed by atoms with Gasteiger partial charge in [-0.05, 0) is 49.4 Å². The van der Waals surface area contributed by atoms with Gasteiger partial charge in [-0.1, -0.05) is 370 Å². The van der Waals surface area contributed by atoms with E-state index >= 15 is 0 Å². The van der Waals surface area contributed by atoms with Gasteiger partial charge in [0.2, 0.25) is 0 Å². The molecule has 0 rings (SSSR count). The zero-order chi connectivity index (χ0) is 74.6. The highest BCUT2D eigenvalue weighted by molar-refractivity contribution is 7.47. The standard InChI is InChI=1S/C82H160O17P2/c1-72(2)58-50-42-34-27-21-17-13-11-9-10-12-14-20-24-31-39-48-56-64-81(86)98-77(68-92-79(84)62-54-46-38-30-23-19-16-15-18-22-28-35-43-51-59-73(3)4)70-96-100(88,89)94-66-76(83)67-95-101(90,91)97-71-78(69-93-80(85)63-55-47-41-33-37-45-53-61-75(7)8)99-82(87)65-57-49-40-32-26-25-29-36-44-52-60-74(5)6/h72-78,83H,9-71H2,1-8H3,(H,88,89)(H,90,91)/t76?,77-,78-/m1/s1. The summed E-state index contributed by atoms with van der Waals surface area (Å²) in [6.07, 6.45) is 58.4. The largest absolute Gasteiger partial charge is 0.472 e. The molecule has 0 aliphatic heterocycles. The number of aliphatic hydroxyl groups is 1. The van der Waals surface area contributed by atoms with Crippen molar-refractivity contribution in [2.24, 2.45) is 23.7 Å². The van der Waals surface area contributed by atoms with Crippen molar-refractivity contribution >= 4 is 39.5 Å². The molecule has 0 aromatic rings. The first-order chi connectivity index (χ1) is 48.6. The quantitative estimate of drug-likeness (QED) is 0.0222. The molecule has 0 spiro atoms. The number of hydrogen-bond acceptors (Lipinski definition) is 15. The SMILES string of the molecule is CC(C)CCCCCCCCCCCCCCCCCCCCC(=O)O[C@H](COC(=O)CCCCCCCCCCCCCCCCC(C)C)COP(=O)(O)OCC(O)COP(=O)(O)OC[C@@H](COC(=O)CCCCCCCCCC(C)C)OC(=O)CCCCCCCCCCCCC(C)C. The van der Waals surface area contributed by atoms with Crippen LogP contribution in [-0.4, -0.2) is 96.7 Å². The van der Waals surface area contributed by atoms with Crippen LogP contribution in [0.2, 0.25) is 0 Å². The molecule has 0 saturated carbocycles. The van der Waals surface area contributed by atoms with Gasteiger partial charge >= 0.3 is 39.5 Å². The predicted octanol–water partition coefficient (Wildman–Crippen LogP) is 24.4. The van der Waals surface area contributed by atoms with Crippen LogP contribution in [0.5, 0.6) is 0 Å². The molecule has 3 unspecified atom stereocenters. The van der Waals surface area contributed by atoms with Crippen LogP contribution in [0, 0.1) is 23.7 Å². The third-order valence-corrected chi connectivity index (χ3v) is 21.0. The van der Waals surface area contributed by atoms with E-state index in [1.54, 1.807) is 0 Å². The number of phosphoric ester groups is 2. The summed E-state index contributed by atoms with van der Waals surface area (Å²) >= 11 is 0. The second kappa shape index (κ2) is 71.0. The number of unbranched alkanes of at least 4 members (excludes halogenated alkanes) is 45. The Bertz CT molecular complexity index is 1970. The molecule has 0 bridgehead atoms. The minimum absolute atomic E-state index is 0.105. The molecule has 0 aromatic carbocycles. The topological polar surface area (TPSA) is 237 Å². The second-order valence-corrected chi connectivity index (χ2v) is 34.3. The van der Waals surface area contributed by atoms with Crippen LogP contribution < -0.4 is 0 Å². The number of aliphatic hydroxyl groups excluding tert-OH is 1. The molecule has 600 valence electrons.